The predicted octanol–water partition coefficient (Wildman–Crippen LogP) is 4.75. The summed E-state index contributed by atoms with van der Waals surface area (Å²) in [5.41, 5.74) is 2.98. The molecule has 1 saturated heterocycles. The molecule has 0 N–H and O–H groups in total. The van der Waals surface area contributed by atoms with E-state index in [0.717, 1.165) is 76.6 Å². The number of fused-ring (bicyclic) bond motifs is 3. The van der Waals surface area contributed by atoms with Crippen LogP contribution in [-0.2, 0) is 11.3 Å². The van der Waals surface area contributed by atoms with Crippen molar-refractivity contribution in [3.8, 4) is 17.2 Å². The summed E-state index contributed by atoms with van der Waals surface area (Å²) in [6, 6.07) is 14.0. The molecule has 0 amide bonds. The zero-order valence-electron chi connectivity index (χ0n) is 17.7. The van der Waals surface area contributed by atoms with Gasteiger partial charge in [0.25, 0.3) is 0 Å². The number of thioether (sulfide) groups is 1. The monoisotopic (exact) mass is 449 g/mol. The van der Waals surface area contributed by atoms with E-state index in [1.165, 1.54) is 5.56 Å². The molecule has 32 heavy (non-hydrogen) atoms. The average molecular weight is 450 g/mol. The Morgan fingerprint density at radius 3 is 2.78 bits per heavy atom. The number of rotatable bonds is 4. The minimum Gasteiger partial charge on any atom is -0.497 e. The molecule has 0 aliphatic carbocycles. The van der Waals surface area contributed by atoms with Crippen molar-refractivity contribution in [3.63, 3.8) is 0 Å². The topological polar surface area (TPSA) is 65.4 Å². The maximum Gasteiger partial charge on any atom is 0.231 e. The molecule has 4 heterocycles. The van der Waals surface area contributed by atoms with E-state index >= 15 is 0 Å². The zero-order chi connectivity index (χ0) is 21.5. The first kappa shape index (κ1) is 19.7. The molecule has 1 unspecified atom stereocenters. The van der Waals surface area contributed by atoms with Gasteiger partial charge in [-0.2, -0.15) is 0 Å². The van der Waals surface area contributed by atoms with E-state index < -0.39 is 0 Å². The summed E-state index contributed by atoms with van der Waals surface area (Å²) in [7, 11) is 1.67. The Balaban J connectivity index is 1.37. The molecule has 2 aromatic carbocycles. The number of ether oxygens (including phenoxy) is 4. The molecule has 1 aromatic heterocycles. The Hall–Kier alpha value is -2.97. The first-order valence-electron chi connectivity index (χ1n) is 10.8. The lowest BCUT2D eigenvalue weighted by Gasteiger charge is -2.32. The van der Waals surface area contributed by atoms with Gasteiger partial charge in [0.2, 0.25) is 6.79 Å². The number of nitrogens with zero attached hydrogens (tertiary/aromatic N) is 3. The molecule has 1 fully saturated rings. The quantitative estimate of drug-likeness (QED) is 0.570. The van der Waals surface area contributed by atoms with Gasteiger partial charge in [0.1, 0.15) is 10.8 Å². The molecule has 1 atom stereocenters. The SMILES string of the molecule is COc1ccc(N=C2Sc3nc4cc5c(cc4cc3CN2CC2CCCO2)OCO5)cc1. The lowest BCUT2D eigenvalue weighted by Crippen LogP contribution is -2.37. The Morgan fingerprint density at radius 1 is 1.16 bits per heavy atom. The first-order chi connectivity index (χ1) is 15.7. The Morgan fingerprint density at radius 2 is 2.00 bits per heavy atom. The van der Waals surface area contributed by atoms with Crippen LogP contribution in [-0.4, -0.2) is 48.2 Å². The molecule has 0 saturated carbocycles. The highest BCUT2D eigenvalue weighted by molar-refractivity contribution is 8.13. The van der Waals surface area contributed by atoms with Crippen molar-refractivity contribution in [1.29, 1.82) is 0 Å². The van der Waals surface area contributed by atoms with Gasteiger partial charge in [0.15, 0.2) is 16.7 Å². The Kier molecular flexibility index (Phi) is 5.04. The smallest absolute Gasteiger partial charge is 0.231 e. The minimum absolute atomic E-state index is 0.237. The van der Waals surface area contributed by atoms with E-state index in [9.17, 15) is 0 Å². The molecule has 3 aliphatic heterocycles. The van der Waals surface area contributed by atoms with Crippen LogP contribution < -0.4 is 14.2 Å². The maximum absolute atomic E-state index is 5.92. The van der Waals surface area contributed by atoms with Crippen LogP contribution in [0, 0.1) is 0 Å². The van der Waals surface area contributed by atoms with Crippen molar-refractivity contribution in [2.24, 2.45) is 4.99 Å². The van der Waals surface area contributed by atoms with Gasteiger partial charge < -0.3 is 23.8 Å². The number of hydrogen-bond acceptors (Lipinski definition) is 7. The van der Waals surface area contributed by atoms with Gasteiger partial charge in [-0.3, -0.25) is 0 Å². The van der Waals surface area contributed by atoms with E-state index in [2.05, 4.69) is 11.0 Å². The average Bonchev–Trinajstić information content (AvgIpc) is 3.49. The molecular weight excluding hydrogens is 426 g/mol. The number of aromatic nitrogens is 1. The van der Waals surface area contributed by atoms with E-state index in [1.807, 2.05) is 36.4 Å². The fourth-order valence-electron chi connectivity index (χ4n) is 4.25. The van der Waals surface area contributed by atoms with E-state index in [4.69, 9.17) is 28.9 Å². The molecule has 3 aromatic rings. The van der Waals surface area contributed by atoms with Gasteiger partial charge in [0, 0.05) is 36.7 Å². The zero-order valence-corrected chi connectivity index (χ0v) is 18.6. The van der Waals surface area contributed by atoms with Crippen molar-refractivity contribution in [3.05, 3.63) is 48.0 Å². The summed E-state index contributed by atoms with van der Waals surface area (Å²) in [6.07, 6.45) is 2.44. The second-order valence-corrected chi connectivity index (χ2v) is 9.02. The van der Waals surface area contributed by atoms with Gasteiger partial charge in [-0.15, -0.1) is 0 Å². The van der Waals surface area contributed by atoms with Crippen LogP contribution in [0.1, 0.15) is 18.4 Å². The van der Waals surface area contributed by atoms with Crippen LogP contribution in [0.25, 0.3) is 10.9 Å². The molecular formula is C24H23N3O4S. The van der Waals surface area contributed by atoms with Crippen molar-refractivity contribution in [2.75, 3.05) is 27.1 Å². The first-order valence-corrected chi connectivity index (χ1v) is 11.6. The molecule has 0 bridgehead atoms. The normalized spacial score (nSPS) is 20.7. The second kappa shape index (κ2) is 8.18. The van der Waals surface area contributed by atoms with Crippen LogP contribution >= 0.6 is 11.8 Å². The predicted molar refractivity (Wildman–Crippen MR) is 123 cm³/mol. The molecule has 7 nitrogen and oxygen atoms in total. The summed E-state index contributed by atoms with van der Waals surface area (Å²) >= 11 is 1.61. The number of benzene rings is 2. The summed E-state index contributed by atoms with van der Waals surface area (Å²) in [5.74, 6) is 2.34. The number of pyridine rings is 1. The van der Waals surface area contributed by atoms with Crippen molar-refractivity contribution in [2.45, 2.75) is 30.5 Å². The lowest BCUT2D eigenvalue weighted by atomic mass is 10.1. The summed E-state index contributed by atoms with van der Waals surface area (Å²) < 4.78 is 22.3. The van der Waals surface area contributed by atoms with Gasteiger partial charge in [-0.25, -0.2) is 9.98 Å². The van der Waals surface area contributed by atoms with Crippen LogP contribution in [0.5, 0.6) is 17.2 Å². The van der Waals surface area contributed by atoms with Crippen molar-refractivity contribution < 1.29 is 18.9 Å². The third kappa shape index (κ3) is 3.73. The van der Waals surface area contributed by atoms with Gasteiger partial charge in [-0.05, 0) is 61.0 Å². The van der Waals surface area contributed by atoms with Crippen LogP contribution in [0.15, 0.2) is 52.5 Å². The fraction of sp³-hybridized carbons (Fsp3) is 0.333. The highest BCUT2D eigenvalue weighted by atomic mass is 32.2. The van der Waals surface area contributed by atoms with Crippen LogP contribution in [0.2, 0.25) is 0 Å². The molecule has 0 spiro atoms. The Bertz CT molecular complexity index is 1190. The minimum atomic E-state index is 0.237. The Labute approximate surface area is 190 Å². The molecule has 0 radical (unpaired) electrons. The van der Waals surface area contributed by atoms with Gasteiger partial charge in [0.05, 0.1) is 24.4 Å². The highest BCUT2D eigenvalue weighted by Gasteiger charge is 2.28. The summed E-state index contributed by atoms with van der Waals surface area (Å²) in [6.45, 7) is 2.66. The van der Waals surface area contributed by atoms with E-state index in [-0.39, 0.29) is 12.9 Å². The standard InChI is InChI=1S/C24H23N3O4S/c1-28-18-6-4-17(5-7-18)25-24-27(13-19-3-2-8-29-19)12-16-9-15-10-21-22(31-14-30-21)11-20(15)26-23(16)32-24/h4-7,9-11,19H,2-3,8,12-14H2,1H3. The van der Waals surface area contributed by atoms with Crippen molar-refractivity contribution >= 4 is 33.5 Å². The van der Waals surface area contributed by atoms with Crippen LogP contribution in [0.4, 0.5) is 5.69 Å². The van der Waals surface area contributed by atoms with E-state index in [0.29, 0.717) is 0 Å². The number of amidine groups is 1. The largest absolute Gasteiger partial charge is 0.497 e. The van der Waals surface area contributed by atoms with Gasteiger partial charge >= 0.3 is 0 Å². The number of aliphatic imine (C=N–C) groups is 1. The van der Waals surface area contributed by atoms with Gasteiger partial charge in [-0.1, -0.05) is 0 Å². The third-order valence-electron chi connectivity index (χ3n) is 5.91. The second-order valence-electron chi connectivity index (χ2n) is 8.06. The van der Waals surface area contributed by atoms with Crippen molar-refractivity contribution in [1.82, 2.24) is 9.88 Å². The number of hydrogen-bond donors (Lipinski definition) is 0. The summed E-state index contributed by atoms with van der Waals surface area (Å²) in [4.78, 5) is 12.2. The third-order valence-corrected chi connectivity index (χ3v) is 6.99. The highest BCUT2D eigenvalue weighted by Crippen LogP contribution is 2.39. The molecule has 164 valence electrons. The molecule has 8 heteroatoms. The fourth-order valence-corrected chi connectivity index (χ4v) is 5.24. The maximum atomic E-state index is 5.92. The molecule has 6 rings (SSSR count). The summed E-state index contributed by atoms with van der Waals surface area (Å²) in [5, 5.41) is 2.97. The lowest BCUT2D eigenvalue weighted by molar-refractivity contribution is 0.0903. The molecule has 3 aliphatic rings. The van der Waals surface area contributed by atoms with Crippen LogP contribution in [0.3, 0.4) is 0 Å². The van der Waals surface area contributed by atoms with E-state index in [1.54, 1.807) is 18.9 Å². The number of methoxy groups -OCH3 is 1.